The van der Waals surface area contributed by atoms with E-state index in [1.807, 2.05) is 6.92 Å². The lowest BCUT2D eigenvalue weighted by Gasteiger charge is -2.39. The van der Waals surface area contributed by atoms with Gasteiger partial charge in [-0.05, 0) is 42.9 Å². The second kappa shape index (κ2) is 8.44. The number of allylic oxidation sites excluding steroid dienone is 3. The van der Waals surface area contributed by atoms with Gasteiger partial charge in [0.2, 0.25) is 0 Å². The van der Waals surface area contributed by atoms with Gasteiger partial charge in [-0.15, -0.1) is 0 Å². The standard InChI is InChI=1S/C24H31NO4/c1-5-6-7-12-29-23(28)20-15(2)25-18-13-24(3,4)14-19(27)22(18)21(20)16-8-10-17(26)11-9-16/h8-11,21,25-26H,5-7,12-14H2,1-4H3/t21-/m1/s1. The van der Waals surface area contributed by atoms with Gasteiger partial charge < -0.3 is 15.2 Å². The molecule has 1 aliphatic carbocycles. The third kappa shape index (κ3) is 4.55. The first-order chi connectivity index (χ1) is 13.7. The van der Waals surface area contributed by atoms with E-state index >= 15 is 0 Å². The van der Waals surface area contributed by atoms with Gasteiger partial charge in [-0.3, -0.25) is 4.79 Å². The van der Waals surface area contributed by atoms with Gasteiger partial charge in [0.1, 0.15) is 5.75 Å². The molecule has 5 heteroatoms. The zero-order valence-electron chi connectivity index (χ0n) is 17.8. The topological polar surface area (TPSA) is 75.6 Å². The van der Waals surface area contributed by atoms with Crippen molar-refractivity contribution >= 4 is 11.8 Å². The van der Waals surface area contributed by atoms with Crippen LogP contribution in [0.4, 0.5) is 0 Å². The van der Waals surface area contributed by atoms with E-state index in [0.717, 1.165) is 42.6 Å². The first kappa shape index (κ1) is 21.2. The Morgan fingerprint density at radius 2 is 1.90 bits per heavy atom. The van der Waals surface area contributed by atoms with E-state index in [0.29, 0.717) is 24.2 Å². The second-order valence-electron chi connectivity index (χ2n) is 8.86. The number of ether oxygens (including phenoxy) is 1. The third-order valence-electron chi connectivity index (χ3n) is 5.67. The molecule has 1 aromatic carbocycles. The summed E-state index contributed by atoms with van der Waals surface area (Å²) in [5.74, 6) is -0.648. The van der Waals surface area contributed by atoms with E-state index in [4.69, 9.17) is 4.74 Å². The lowest BCUT2D eigenvalue weighted by atomic mass is 9.68. The van der Waals surface area contributed by atoms with E-state index in [1.54, 1.807) is 24.3 Å². The number of hydrogen-bond acceptors (Lipinski definition) is 5. The Balaban J connectivity index is 2.01. The largest absolute Gasteiger partial charge is 0.508 e. The van der Waals surface area contributed by atoms with Crippen molar-refractivity contribution in [2.75, 3.05) is 6.61 Å². The van der Waals surface area contributed by atoms with Crippen LogP contribution in [0.1, 0.15) is 71.3 Å². The molecule has 2 N–H and O–H groups in total. The first-order valence-electron chi connectivity index (χ1n) is 10.4. The highest BCUT2D eigenvalue weighted by Gasteiger charge is 2.43. The molecule has 0 radical (unpaired) electrons. The van der Waals surface area contributed by atoms with Crippen molar-refractivity contribution in [1.29, 1.82) is 0 Å². The molecule has 0 amide bonds. The van der Waals surface area contributed by atoms with Crippen LogP contribution < -0.4 is 5.32 Å². The molecule has 0 fully saturated rings. The van der Waals surface area contributed by atoms with E-state index in [1.165, 1.54) is 0 Å². The molecule has 0 bridgehead atoms. The zero-order chi connectivity index (χ0) is 21.2. The van der Waals surface area contributed by atoms with Crippen molar-refractivity contribution in [3.8, 4) is 5.75 Å². The van der Waals surface area contributed by atoms with Gasteiger partial charge in [0.25, 0.3) is 0 Å². The molecular weight excluding hydrogens is 366 g/mol. The minimum absolute atomic E-state index is 0.0607. The summed E-state index contributed by atoms with van der Waals surface area (Å²) in [7, 11) is 0. The highest BCUT2D eigenvalue weighted by Crippen LogP contribution is 2.46. The minimum Gasteiger partial charge on any atom is -0.508 e. The van der Waals surface area contributed by atoms with Gasteiger partial charge in [-0.25, -0.2) is 4.79 Å². The number of phenols is 1. The van der Waals surface area contributed by atoms with E-state index in [9.17, 15) is 14.7 Å². The fraction of sp³-hybridized carbons (Fsp3) is 0.500. The number of benzene rings is 1. The molecule has 156 valence electrons. The monoisotopic (exact) mass is 397 g/mol. The number of rotatable bonds is 6. The highest BCUT2D eigenvalue weighted by atomic mass is 16.5. The average Bonchev–Trinajstić information content (AvgIpc) is 2.63. The number of Topliss-reactive ketones (excluding diaryl/α,β-unsaturated/α-hetero) is 1. The number of unbranched alkanes of at least 4 members (excludes halogenated alkanes) is 2. The summed E-state index contributed by atoms with van der Waals surface area (Å²) < 4.78 is 5.57. The van der Waals surface area contributed by atoms with Crippen molar-refractivity contribution in [2.45, 2.75) is 65.7 Å². The van der Waals surface area contributed by atoms with Crippen molar-refractivity contribution < 1.29 is 19.4 Å². The summed E-state index contributed by atoms with van der Waals surface area (Å²) in [6, 6.07) is 6.74. The Morgan fingerprint density at radius 1 is 1.21 bits per heavy atom. The lowest BCUT2D eigenvalue weighted by molar-refractivity contribution is -0.139. The number of esters is 1. The van der Waals surface area contributed by atoms with E-state index in [2.05, 4.69) is 26.1 Å². The van der Waals surface area contributed by atoms with Crippen LogP contribution in [0.2, 0.25) is 0 Å². The fourth-order valence-corrected chi connectivity index (χ4v) is 4.30. The zero-order valence-corrected chi connectivity index (χ0v) is 17.8. The van der Waals surface area contributed by atoms with Crippen LogP contribution in [0, 0.1) is 5.41 Å². The summed E-state index contributed by atoms with van der Waals surface area (Å²) in [6.45, 7) is 8.51. The van der Waals surface area contributed by atoms with Gasteiger partial charge in [0, 0.05) is 29.3 Å². The summed E-state index contributed by atoms with van der Waals surface area (Å²) in [4.78, 5) is 26.2. The van der Waals surface area contributed by atoms with Crippen LogP contribution in [-0.2, 0) is 14.3 Å². The molecule has 1 heterocycles. The van der Waals surface area contributed by atoms with Gasteiger partial charge >= 0.3 is 5.97 Å². The van der Waals surface area contributed by atoms with Crippen molar-refractivity contribution in [3.05, 3.63) is 52.4 Å². The van der Waals surface area contributed by atoms with E-state index < -0.39 is 5.92 Å². The number of nitrogens with one attached hydrogen (secondary N) is 1. The Bertz CT molecular complexity index is 861. The Morgan fingerprint density at radius 3 is 2.55 bits per heavy atom. The Labute approximate surface area is 172 Å². The first-order valence-corrected chi connectivity index (χ1v) is 10.4. The third-order valence-corrected chi connectivity index (χ3v) is 5.67. The number of carbonyl (C=O) groups is 2. The van der Waals surface area contributed by atoms with E-state index in [-0.39, 0.29) is 22.9 Å². The van der Waals surface area contributed by atoms with Crippen molar-refractivity contribution in [3.63, 3.8) is 0 Å². The Kier molecular flexibility index (Phi) is 6.15. The molecule has 29 heavy (non-hydrogen) atoms. The summed E-state index contributed by atoms with van der Waals surface area (Å²) in [6.07, 6.45) is 4.08. The number of hydrogen-bond donors (Lipinski definition) is 2. The molecule has 3 rings (SSSR count). The molecule has 0 saturated carbocycles. The molecule has 0 unspecified atom stereocenters. The normalized spacial score (nSPS) is 21.0. The van der Waals surface area contributed by atoms with Gasteiger partial charge in [-0.2, -0.15) is 0 Å². The number of carbonyl (C=O) groups excluding carboxylic acids is 2. The number of dihydropyridines is 1. The van der Waals surface area contributed by atoms with Gasteiger partial charge in [0.15, 0.2) is 5.78 Å². The van der Waals surface area contributed by atoms with Crippen molar-refractivity contribution in [2.24, 2.45) is 5.41 Å². The van der Waals surface area contributed by atoms with Crippen LogP contribution in [0.5, 0.6) is 5.75 Å². The fourth-order valence-electron chi connectivity index (χ4n) is 4.30. The maximum atomic E-state index is 13.1. The molecule has 5 nitrogen and oxygen atoms in total. The van der Waals surface area contributed by atoms with Crippen molar-refractivity contribution in [1.82, 2.24) is 5.32 Å². The second-order valence-corrected chi connectivity index (χ2v) is 8.86. The molecule has 0 spiro atoms. The van der Waals surface area contributed by atoms with Crippen LogP contribution in [-0.4, -0.2) is 23.5 Å². The van der Waals surface area contributed by atoms with Crippen LogP contribution in [0.3, 0.4) is 0 Å². The molecule has 2 aliphatic rings. The highest BCUT2D eigenvalue weighted by molar-refractivity contribution is 6.04. The SMILES string of the molecule is CCCCCOC(=O)C1=C(C)NC2=C(C(=O)CC(C)(C)C2)[C@@H]1c1ccc(O)cc1. The molecule has 1 aliphatic heterocycles. The average molecular weight is 398 g/mol. The summed E-state index contributed by atoms with van der Waals surface area (Å²) >= 11 is 0. The Hall–Kier alpha value is -2.56. The number of ketones is 1. The van der Waals surface area contributed by atoms with Gasteiger partial charge in [-0.1, -0.05) is 45.7 Å². The smallest absolute Gasteiger partial charge is 0.336 e. The number of aromatic hydroxyl groups is 1. The minimum atomic E-state index is -0.478. The van der Waals surface area contributed by atoms with Gasteiger partial charge in [0.05, 0.1) is 12.2 Å². The molecular formula is C24H31NO4. The number of phenolic OH excluding ortho intramolecular Hbond substituents is 1. The lowest BCUT2D eigenvalue weighted by Crippen LogP contribution is -2.38. The van der Waals surface area contributed by atoms with Crippen LogP contribution in [0.15, 0.2) is 46.8 Å². The quantitative estimate of drug-likeness (QED) is 0.536. The maximum Gasteiger partial charge on any atom is 0.336 e. The summed E-state index contributed by atoms with van der Waals surface area (Å²) in [5.41, 5.74) is 3.45. The predicted molar refractivity (Wildman–Crippen MR) is 112 cm³/mol. The molecule has 0 aromatic heterocycles. The summed E-state index contributed by atoms with van der Waals surface area (Å²) in [5, 5.41) is 13.0. The molecule has 1 atom stereocenters. The van der Waals surface area contributed by atoms with Crippen LogP contribution >= 0.6 is 0 Å². The van der Waals surface area contributed by atoms with Crippen LogP contribution in [0.25, 0.3) is 0 Å². The predicted octanol–water partition coefficient (Wildman–Crippen LogP) is 4.73. The maximum absolute atomic E-state index is 13.1. The molecule has 0 saturated heterocycles. The molecule has 1 aromatic rings.